The molecule has 0 unspecified atom stereocenters. The lowest BCUT2D eigenvalue weighted by atomic mass is 10.2. The summed E-state index contributed by atoms with van der Waals surface area (Å²) in [5, 5.41) is 7.03. The minimum Gasteiger partial charge on any atom is -0.488 e. The topological polar surface area (TPSA) is 33.1 Å². The van der Waals surface area contributed by atoms with Crippen LogP contribution in [0.2, 0.25) is 0 Å². The van der Waals surface area contributed by atoms with E-state index in [1.807, 2.05) is 45.0 Å². The van der Waals surface area contributed by atoms with E-state index in [2.05, 4.69) is 0 Å². The standard InChI is InChI=1S/C11H15NO/c1-11(2,3)13-10-6-4-9(8-12)5-7-10/h4-8,12H,1-3H3. The van der Waals surface area contributed by atoms with E-state index in [-0.39, 0.29) is 5.60 Å². The van der Waals surface area contributed by atoms with Gasteiger partial charge in [-0.2, -0.15) is 0 Å². The molecule has 2 heteroatoms. The molecule has 0 aliphatic carbocycles. The number of hydrogen-bond donors (Lipinski definition) is 1. The van der Waals surface area contributed by atoms with E-state index in [0.717, 1.165) is 11.3 Å². The van der Waals surface area contributed by atoms with E-state index in [9.17, 15) is 0 Å². The molecule has 0 amide bonds. The molecule has 70 valence electrons. The average Bonchev–Trinajstić information content (AvgIpc) is 2.03. The molecule has 0 aromatic heterocycles. The van der Waals surface area contributed by atoms with Crippen LogP contribution >= 0.6 is 0 Å². The largest absolute Gasteiger partial charge is 0.488 e. The Morgan fingerprint density at radius 2 is 1.69 bits per heavy atom. The quantitative estimate of drug-likeness (QED) is 0.692. The van der Waals surface area contributed by atoms with Gasteiger partial charge in [0.2, 0.25) is 0 Å². The van der Waals surface area contributed by atoms with E-state index >= 15 is 0 Å². The maximum atomic E-state index is 7.03. The summed E-state index contributed by atoms with van der Waals surface area (Å²) in [6.45, 7) is 6.03. The first-order valence-electron chi connectivity index (χ1n) is 4.31. The smallest absolute Gasteiger partial charge is 0.120 e. The average molecular weight is 177 g/mol. The molecule has 1 N–H and O–H groups in total. The summed E-state index contributed by atoms with van der Waals surface area (Å²) >= 11 is 0. The van der Waals surface area contributed by atoms with Gasteiger partial charge in [-0.15, -0.1) is 0 Å². The van der Waals surface area contributed by atoms with E-state index in [1.54, 1.807) is 0 Å². The van der Waals surface area contributed by atoms with Gasteiger partial charge in [0.25, 0.3) is 0 Å². The summed E-state index contributed by atoms with van der Waals surface area (Å²) in [4.78, 5) is 0. The van der Waals surface area contributed by atoms with Gasteiger partial charge in [-0.3, -0.25) is 0 Å². The van der Waals surface area contributed by atoms with E-state index in [0.29, 0.717) is 0 Å². The van der Waals surface area contributed by atoms with Gasteiger partial charge >= 0.3 is 0 Å². The molecule has 0 saturated heterocycles. The van der Waals surface area contributed by atoms with Crippen molar-refractivity contribution in [2.45, 2.75) is 26.4 Å². The summed E-state index contributed by atoms with van der Waals surface area (Å²) < 4.78 is 5.63. The van der Waals surface area contributed by atoms with Crippen molar-refractivity contribution in [2.24, 2.45) is 0 Å². The predicted octanol–water partition coefficient (Wildman–Crippen LogP) is 2.86. The van der Waals surface area contributed by atoms with Crippen molar-refractivity contribution >= 4 is 6.21 Å². The molecule has 0 saturated carbocycles. The highest BCUT2D eigenvalue weighted by Gasteiger charge is 2.10. The van der Waals surface area contributed by atoms with E-state index in [1.165, 1.54) is 6.21 Å². The SMILES string of the molecule is CC(C)(C)Oc1ccc(C=N)cc1. The summed E-state index contributed by atoms with van der Waals surface area (Å²) in [5.41, 5.74) is 0.730. The Morgan fingerprint density at radius 3 is 2.08 bits per heavy atom. The van der Waals surface area contributed by atoms with Crippen molar-refractivity contribution in [1.29, 1.82) is 5.41 Å². The minimum atomic E-state index is -0.161. The van der Waals surface area contributed by atoms with Crippen LogP contribution in [-0.2, 0) is 0 Å². The lowest BCUT2D eigenvalue weighted by molar-refractivity contribution is 0.131. The van der Waals surface area contributed by atoms with E-state index < -0.39 is 0 Å². The van der Waals surface area contributed by atoms with Crippen LogP contribution < -0.4 is 4.74 Å². The van der Waals surface area contributed by atoms with Gasteiger partial charge in [0.1, 0.15) is 11.4 Å². The van der Waals surface area contributed by atoms with Gasteiger partial charge in [-0.25, -0.2) is 0 Å². The highest BCUT2D eigenvalue weighted by atomic mass is 16.5. The minimum absolute atomic E-state index is 0.161. The molecule has 0 atom stereocenters. The van der Waals surface area contributed by atoms with Crippen LogP contribution in [0.1, 0.15) is 26.3 Å². The zero-order valence-corrected chi connectivity index (χ0v) is 8.29. The van der Waals surface area contributed by atoms with Crippen LogP contribution in [0.4, 0.5) is 0 Å². The molecule has 0 spiro atoms. The molecule has 0 aliphatic heterocycles. The fourth-order valence-corrected chi connectivity index (χ4v) is 0.986. The first kappa shape index (κ1) is 9.78. The molecular weight excluding hydrogens is 162 g/mol. The van der Waals surface area contributed by atoms with Gasteiger partial charge < -0.3 is 10.1 Å². The Balaban J connectivity index is 2.75. The molecule has 0 aliphatic rings. The Kier molecular flexibility index (Phi) is 2.71. The van der Waals surface area contributed by atoms with Gasteiger partial charge in [-0.05, 0) is 50.6 Å². The van der Waals surface area contributed by atoms with Crippen molar-refractivity contribution in [2.75, 3.05) is 0 Å². The second kappa shape index (κ2) is 3.60. The molecule has 2 nitrogen and oxygen atoms in total. The molecule has 1 aromatic carbocycles. The zero-order valence-electron chi connectivity index (χ0n) is 8.29. The van der Waals surface area contributed by atoms with Gasteiger partial charge in [0.15, 0.2) is 0 Å². The third kappa shape index (κ3) is 3.28. The van der Waals surface area contributed by atoms with Crippen LogP contribution in [0.25, 0.3) is 0 Å². The fraction of sp³-hybridized carbons (Fsp3) is 0.364. The van der Waals surface area contributed by atoms with Gasteiger partial charge in [0, 0.05) is 6.21 Å². The van der Waals surface area contributed by atoms with Crippen LogP contribution in [0.3, 0.4) is 0 Å². The maximum Gasteiger partial charge on any atom is 0.120 e. The third-order valence-electron chi connectivity index (χ3n) is 1.47. The van der Waals surface area contributed by atoms with Crippen LogP contribution in [0.15, 0.2) is 24.3 Å². The Morgan fingerprint density at radius 1 is 1.15 bits per heavy atom. The van der Waals surface area contributed by atoms with Crippen LogP contribution in [-0.4, -0.2) is 11.8 Å². The second-order valence-electron chi connectivity index (χ2n) is 3.93. The zero-order chi connectivity index (χ0) is 9.90. The molecular formula is C11H15NO. The molecule has 0 fully saturated rings. The van der Waals surface area contributed by atoms with Crippen molar-refractivity contribution in [3.05, 3.63) is 29.8 Å². The van der Waals surface area contributed by atoms with Crippen molar-refractivity contribution in [3.63, 3.8) is 0 Å². The number of benzene rings is 1. The van der Waals surface area contributed by atoms with Gasteiger partial charge in [-0.1, -0.05) is 0 Å². The summed E-state index contributed by atoms with van der Waals surface area (Å²) in [6, 6.07) is 7.50. The first-order valence-corrected chi connectivity index (χ1v) is 4.31. The van der Waals surface area contributed by atoms with Crippen LogP contribution in [0.5, 0.6) is 5.75 Å². The lowest BCUT2D eigenvalue weighted by Gasteiger charge is -2.21. The number of ether oxygens (including phenoxy) is 1. The first-order chi connectivity index (χ1) is 6.01. The molecule has 1 aromatic rings. The molecule has 0 radical (unpaired) electrons. The number of hydrogen-bond acceptors (Lipinski definition) is 2. The maximum absolute atomic E-state index is 7.03. The highest BCUT2D eigenvalue weighted by molar-refractivity contribution is 5.76. The molecule has 0 heterocycles. The number of nitrogens with one attached hydrogen (secondary N) is 1. The summed E-state index contributed by atoms with van der Waals surface area (Å²) in [6.07, 6.45) is 1.32. The number of rotatable bonds is 2. The second-order valence-corrected chi connectivity index (χ2v) is 3.93. The Labute approximate surface area is 79.1 Å². The normalized spacial score (nSPS) is 11.0. The lowest BCUT2D eigenvalue weighted by Crippen LogP contribution is -2.22. The Hall–Kier alpha value is -1.31. The summed E-state index contributed by atoms with van der Waals surface area (Å²) in [7, 11) is 0. The third-order valence-corrected chi connectivity index (χ3v) is 1.47. The summed E-state index contributed by atoms with van der Waals surface area (Å²) in [5.74, 6) is 0.845. The van der Waals surface area contributed by atoms with Crippen LogP contribution in [0, 0.1) is 5.41 Å². The Bertz CT molecular complexity index is 282. The van der Waals surface area contributed by atoms with Crippen molar-refractivity contribution in [1.82, 2.24) is 0 Å². The molecule has 0 bridgehead atoms. The van der Waals surface area contributed by atoms with E-state index in [4.69, 9.17) is 10.1 Å². The van der Waals surface area contributed by atoms with Crippen molar-refractivity contribution < 1.29 is 4.74 Å². The fourth-order valence-electron chi connectivity index (χ4n) is 0.986. The molecule has 1 rings (SSSR count). The highest BCUT2D eigenvalue weighted by Crippen LogP contribution is 2.17. The van der Waals surface area contributed by atoms with Gasteiger partial charge in [0.05, 0.1) is 0 Å². The molecule has 13 heavy (non-hydrogen) atoms. The monoisotopic (exact) mass is 177 g/mol. The predicted molar refractivity (Wildman–Crippen MR) is 54.7 cm³/mol. The van der Waals surface area contributed by atoms with Crippen molar-refractivity contribution in [3.8, 4) is 5.75 Å².